The Kier molecular flexibility index (Phi) is 3.87. The van der Waals surface area contributed by atoms with Crippen molar-refractivity contribution in [1.29, 1.82) is 0 Å². The number of hydrogen-bond donors (Lipinski definition) is 1. The highest BCUT2D eigenvalue weighted by molar-refractivity contribution is 5.34. The third-order valence-corrected chi connectivity index (χ3v) is 3.64. The maximum Gasteiger partial charge on any atom is 0.0971 e. The zero-order valence-corrected chi connectivity index (χ0v) is 11.5. The molecule has 1 nitrogen and oxygen atoms in total. The van der Waals surface area contributed by atoms with Gasteiger partial charge < -0.3 is 5.11 Å². The van der Waals surface area contributed by atoms with Crippen LogP contribution in [0.25, 0.3) is 0 Å². The molecule has 0 saturated carbocycles. The van der Waals surface area contributed by atoms with Gasteiger partial charge >= 0.3 is 0 Å². The minimum Gasteiger partial charge on any atom is -0.384 e. The predicted molar refractivity (Wildman–Crippen MR) is 80.1 cm³/mol. The largest absolute Gasteiger partial charge is 0.384 e. The quantitative estimate of drug-likeness (QED) is 0.810. The number of aliphatic hydroxyl groups is 1. The molecule has 0 aliphatic rings. The fraction of sp³-hybridized carbons (Fsp3) is 0.222. The smallest absolute Gasteiger partial charge is 0.0971 e. The van der Waals surface area contributed by atoms with Crippen LogP contribution in [-0.2, 0) is 5.60 Å². The van der Waals surface area contributed by atoms with Crippen LogP contribution < -0.4 is 0 Å². The van der Waals surface area contributed by atoms with Crippen LogP contribution >= 0.6 is 0 Å². The van der Waals surface area contributed by atoms with Crippen molar-refractivity contribution in [2.24, 2.45) is 0 Å². The lowest BCUT2D eigenvalue weighted by Gasteiger charge is -2.32. The van der Waals surface area contributed by atoms with Gasteiger partial charge in [0.2, 0.25) is 0 Å². The maximum atomic E-state index is 10.9. The van der Waals surface area contributed by atoms with Crippen molar-refractivity contribution < 1.29 is 5.11 Å². The molecule has 2 aromatic rings. The number of hydrogen-bond acceptors (Lipinski definition) is 1. The lowest BCUT2D eigenvalue weighted by molar-refractivity contribution is 0.0417. The Morgan fingerprint density at radius 3 is 2.16 bits per heavy atom. The summed E-state index contributed by atoms with van der Waals surface area (Å²) in [7, 11) is 0. The summed E-state index contributed by atoms with van der Waals surface area (Å²) < 4.78 is 0. The standard InChI is InChI=1S/C18H20O/c1-4-17(15-8-6-5-7-9-15)18(3,19)16-12-10-14(2)11-13-16/h4-13,17,19H,1H2,2-3H3/t17-,18+/m0/s1. The van der Waals surface area contributed by atoms with E-state index in [1.165, 1.54) is 5.56 Å². The predicted octanol–water partition coefficient (Wildman–Crippen LogP) is 4.17. The van der Waals surface area contributed by atoms with Crippen LogP contribution in [0, 0.1) is 6.92 Å². The lowest BCUT2D eigenvalue weighted by Crippen LogP contribution is -2.28. The second-order valence-electron chi connectivity index (χ2n) is 5.14. The highest BCUT2D eigenvalue weighted by Gasteiger charge is 2.32. The Morgan fingerprint density at radius 1 is 1.05 bits per heavy atom. The fourth-order valence-corrected chi connectivity index (χ4v) is 2.42. The van der Waals surface area contributed by atoms with E-state index in [2.05, 4.69) is 6.58 Å². The van der Waals surface area contributed by atoms with E-state index in [1.807, 2.05) is 74.5 Å². The molecule has 1 heteroatoms. The van der Waals surface area contributed by atoms with Gasteiger partial charge in [0, 0.05) is 5.92 Å². The summed E-state index contributed by atoms with van der Waals surface area (Å²) in [5.74, 6) is -0.128. The van der Waals surface area contributed by atoms with Gasteiger partial charge in [-0.15, -0.1) is 6.58 Å². The minimum absolute atomic E-state index is 0.128. The van der Waals surface area contributed by atoms with Gasteiger partial charge in [-0.3, -0.25) is 0 Å². The Bertz CT molecular complexity index is 538. The van der Waals surface area contributed by atoms with Gasteiger partial charge in [-0.05, 0) is 25.0 Å². The second kappa shape index (κ2) is 5.41. The van der Waals surface area contributed by atoms with E-state index in [9.17, 15) is 5.11 Å². The molecule has 2 rings (SSSR count). The molecule has 2 atom stereocenters. The zero-order valence-electron chi connectivity index (χ0n) is 11.5. The van der Waals surface area contributed by atoms with E-state index >= 15 is 0 Å². The third kappa shape index (κ3) is 2.77. The molecule has 0 aliphatic heterocycles. The molecule has 19 heavy (non-hydrogen) atoms. The molecule has 0 radical (unpaired) electrons. The molecule has 0 aliphatic carbocycles. The molecule has 0 unspecified atom stereocenters. The van der Waals surface area contributed by atoms with E-state index in [0.29, 0.717) is 0 Å². The van der Waals surface area contributed by atoms with Gasteiger partial charge in [-0.1, -0.05) is 66.2 Å². The third-order valence-electron chi connectivity index (χ3n) is 3.64. The van der Waals surface area contributed by atoms with Crippen LogP contribution in [-0.4, -0.2) is 5.11 Å². The molecule has 0 heterocycles. The van der Waals surface area contributed by atoms with Gasteiger partial charge in [-0.25, -0.2) is 0 Å². The van der Waals surface area contributed by atoms with Crippen LogP contribution in [0.2, 0.25) is 0 Å². The molecule has 0 amide bonds. The summed E-state index contributed by atoms with van der Waals surface area (Å²) in [6.07, 6.45) is 1.81. The molecule has 98 valence electrons. The molecule has 2 aromatic carbocycles. The van der Waals surface area contributed by atoms with E-state index in [0.717, 1.165) is 11.1 Å². The van der Waals surface area contributed by atoms with Gasteiger partial charge in [0.05, 0.1) is 5.60 Å². The number of rotatable bonds is 4. The van der Waals surface area contributed by atoms with Crippen LogP contribution in [0.5, 0.6) is 0 Å². The van der Waals surface area contributed by atoms with E-state index in [-0.39, 0.29) is 5.92 Å². The molecule has 1 N–H and O–H groups in total. The SMILES string of the molecule is C=C[C@@H](c1ccccc1)[C@](C)(O)c1ccc(C)cc1. The van der Waals surface area contributed by atoms with Gasteiger partial charge in [0.1, 0.15) is 0 Å². The first kappa shape index (κ1) is 13.6. The van der Waals surface area contributed by atoms with Crippen molar-refractivity contribution in [3.05, 3.63) is 83.9 Å². The summed E-state index contributed by atoms with van der Waals surface area (Å²) in [4.78, 5) is 0. The topological polar surface area (TPSA) is 20.2 Å². The summed E-state index contributed by atoms with van der Waals surface area (Å²) in [5.41, 5.74) is 2.21. The molecule has 0 saturated heterocycles. The van der Waals surface area contributed by atoms with Gasteiger partial charge in [0.15, 0.2) is 0 Å². The van der Waals surface area contributed by atoms with Crippen molar-refractivity contribution in [1.82, 2.24) is 0 Å². The summed E-state index contributed by atoms with van der Waals surface area (Å²) >= 11 is 0. The maximum absolute atomic E-state index is 10.9. The average Bonchev–Trinajstić information content (AvgIpc) is 2.41. The number of aryl methyl sites for hydroxylation is 1. The van der Waals surface area contributed by atoms with Crippen molar-refractivity contribution >= 4 is 0 Å². The highest BCUT2D eigenvalue weighted by Crippen LogP contribution is 2.37. The first-order valence-corrected chi connectivity index (χ1v) is 6.52. The van der Waals surface area contributed by atoms with E-state index < -0.39 is 5.60 Å². The van der Waals surface area contributed by atoms with Crippen LogP contribution in [0.1, 0.15) is 29.5 Å². The highest BCUT2D eigenvalue weighted by atomic mass is 16.3. The Morgan fingerprint density at radius 2 is 1.63 bits per heavy atom. The minimum atomic E-state index is -0.962. The van der Waals surface area contributed by atoms with Crippen molar-refractivity contribution in [3.8, 4) is 0 Å². The molecule has 0 aromatic heterocycles. The van der Waals surface area contributed by atoms with Crippen molar-refractivity contribution in [2.75, 3.05) is 0 Å². The molecular weight excluding hydrogens is 232 g/mol. The van der Waals surface area contributed by atoms with E-state index in [1.54, 1.807) is 0 Å². The van der Waals surface area contributed by atoms with Gasteiger partial charge in [0.25, 0.3) is 0 Å². The molecule has 0 bridgehead atoms. The first-order valence-electron chi connectivity index (χ1n) is 6.52. The summed E-state index contributed by atoms with van der Waals surface area (Å²) in [6, 6.07) is 18.0. The summed E-state index contributed by atoms with van der Waals surface area (Å²) in [5, 5.41) is 10.9. The monoisotopic (exact) mass is 252 g/mol. The average molecular weight is 252 g/mol. The summed E-state index contributed by atoms with van der Waals surface area (Å²) in [6.45, 7) is 7.77. The Balaban J connectivity index is 2.41. The lowest BCUT2D eigenvalue weighted by atomic mass is 9.78. The number of benzene rings is 2. The Labute approximate surface area is 115 Å². The first-order chi connectivity index (χ1) is 9.05. The van der Waals surface area contributed by atoms with Crippen LogP contribution in [0.3, 0.4) is 0 Å². The van der Waals surface area contributed by atoms with Crippen LogP contribution in [0.4, 0.5) is 0 Å². The van der Waals surface area contributed by atoms with E-state index in [4.69, 9.17) is 0 Å². The van der Waals surface area contributed by atoms with Crippen molar-refractivity contribution in [2.45, 2.75) is 25.4 Å². The van der Waals surface area contributed by atoms with Crippen molar-refractivity contribution in [3.63, 3.8) is 0 Å². The fourth-order valence-electron chi connectivity index (χ4n) is 2.42. The molecule has 0 fully saturated rings. The normalized spacial score (nSPS) is 15.5. The second-order valence-corrected chi connectivity index (χ2v) is 5.14. The van der Waals surface area contributed by atoms with Gasteiger partial charge in [-0.2, -0.15) is 0 Å². The zero-order chi connectivity index (χ0) is 13.9. The Hall–Kier alpha value is -1.86. The molecule has 0 spiro atoms. The molecular formula is C18H20O. The van der Waals surface area contributed by atoms with Crippen LogP contribution in [0.15, 0.2) is 67.3 Å².